The average molecular weight is 478 g/mol. The molecule has 4 rings (SSSR count). The first-order valence-corrected chi connectivity index (χ1v) is 12.8. The molecule has 9 heteroatoms. The SMILES string of the molecule is Cc1cc(-c2ccc3nc(-c4cc[n+](CCP(=O)(O)O)c(C)c4)cnc3c2)cc[n+]1CCC=O. The Labute approximate surface area is 197 Å². The number of fused-ring (bicyclic) bond motifs is 1. The van der Waals surface area contributed by atoms with Crippen molar-refractivity contribution in [3.63, 3.8) is 0 Å². The van der Waals surface area contributed by atoms with E-state index >= 15 is 0 Å². The lowest BCUT2D eigenvalue weighted by Crippen LogP contribution is -2.38. The zero-order chi connectivity index (χ0) is 24.3. The average Bonchev–Trinajstić information content (AvgIpc) is 2.81. The van der Waals surface area contributed by atoms with Crippen LogP contribution in [0.15, 0.2) is 61.1 Å². The van der Waals surface area contributed by atoms with Crippen molar-refractivity contribution >= 4 is 24.9 Å². The van der Waals surface area contributed by atoms with Gasteiger partial charge in [-0.3, -0.25) is 9.55 Å². The van der Waals surface area contributed by atoms with Gasteiger partial charge in [0.05, 0.1) is 29.3 Å². The van der Waals surface area contributed by atoms with Crippen molar-refractivity contribution in [3.8, 4) is 22.4 Å². The fourth-order valence-electron chi connectivity index (χ4n) is 3.89. The van der Waals surface area contributed by atoms with E-state index in [4.69, 9.17) is 14.8 Å². The number of aldehydes is 1. The van der Waals surface area contributed by atoms with E-state index in [1.54, 1.807) is 6.20 Å². The van der Waals surface area contributed by atoms with Gasteiger partial charge in [0.15, 0.2) is 36.9 Å². The number of aryl methyl sites for hydroxylation is 4. The summed E-state index contributed by atoms with van der Waals surface area (Å²) >= 11 is 0. The summed E-state index contributed by atoms with van der Waals surface area (Å²) in [6.07, 6.45) is 6.77. The molecule has 0 aliphatic rings. The van der Waals surface area contributed by atoms with E-state index in [9.17, 15) is 9.36 Å². The van der Waals surface area contributed by atoms with Gasteiger partial charge in [0.25, 0.3) is 0 Å². The Hall–Kier alpha value is -3.32. The van der Waals surface area contributed by atoms with Crippen LogP contribution >= 0.6 is 7.60 Å². The molecule has 0 saturated heterocycles. The topological polar surface area (TPSA) is 108 Å². The Bertz CT molecular complexity index is 1420. The van der Waals surface area contributed by atoms with E-state index in [0.29, 0.717) is 13.0 Å². The summed E-state index contributed by atoms with van der Waals surface area (Å²) in [5.74, 6) is 0. The third-order valence-electron chi connectivity index (χ3n) is 5.79. The Morgan fingerprint density at radius 3 is 2.21 bits per heavy atom. The van der Waals surface area contributed by atoms with E-state index < -0.39 is 7.60 Å². The molecule has 0 unspecified atom stereocenters. The Morgan fingerprint density at radius 1 is 0.882 bits per heavy atom. The minimum Gasteiger partial charge on any atom is -0.324 e. The molecule has 0 bridgehead atoms. The van der Waals surface area contributed by atoms with Crippen LogP contribution in [0.3, 0.4) is 0 Å². The van der Waals surface area contributed by atoms with Crippen molar-refractivity contribution in [2.24, 2.45) is 0 Å². The third kappa shape index (κ3) is 5.59. The molecular formula is C25H27N4O4P+2. The predicted molar refractivity (Wildman–Crippen MR) is 128 cm³/mol. The fraction of sp³-hybridized carbons (Fsp3) is 0.240. The van der Waals surface area contributed by atoms with Crippen LogP contribution in [0.25, 0.3) is 33.4 Å². The normalized spacial score (nSPS) is 11.6. The smallest absolute Gasteiger partial charge is 0.324 e. The Morgan fingerprint density at radius 2 is 1.53 bits per heavy atom. The molecule has 0 saturated carbocycles. The number of nitrogens with zero attached hydrogens (tertiary/aromatic N) is 4. The maximum Gasteiger partial charge on any atom is 0.331 e. The van der Waals surface area contributed by atoms with Crippen molar-refractivity contribution < 1.29 is 28.3 Å². The molecule has 34 heavy (non-hydrogen) atoms. The number of benzene rings is 1. The third-order valence-corrected chi connectivity index (χ3v) is 6.58. The van der Waals surface area contributed by atoms with Gasteiger partial charge in [-0.1, -0.05) is 6.07 Å². The van der Waals surface area contributed by atoms with Crippen LogP contribution in [-0.2, 0) is 22.4 Å². The minimum atomic E-state index is -4.04. The zero-order valence-electron chi connectivity index (χ0n) is 19.1. The first-order valence-electron chi connectivity index (χ1n) is 11.0. The van der Waals surface area contributed by atoms with E-state index in [0.717, 1.165) is 51.1 Å². The van der Waals surface area contributed by atoms with Crippen LogP contribution in [0.2, 0.25) is 0 Å². The van der Waals surface area contributed by atoms with Gasteiger partial charge in [-0.15, -0.1) is 0 Å². The molecule has 0 aliphatic heterocycles. The standard InChI is InChI=1S/C25H25N4O4P/c1-18-14-21(6-9-28(18)8-3-12-30)20-4-5-23-24(16-20)26-17-25(27-23)22-7-10-29(19(2)15-22)11-13-34(31,32)33/h4-7,9-10,12,14-17H,3,8,11,13H2,1-2H3/p+2. The molecule has 0 atom stereocenters. The van der Waals surface area contributed by atoms with Crippen molar-refractivity contribution in [1.82, 2.24) is 9.97 Å². The molecule has 3 heterocycles. The maximum atomic E-state index is 11.2. The highest BCUT2D eigenvalue weighted by Gasteiger charge is 2.18. The zero-order valence-corrected chi connectivity index (χ0v) is 20.0. The molecule has 0 spiro atoms. The second kappa shape index (κ2) is 9.89. The molecule has 8 nitrogen and oxygen atoms in total. The fourth-order valence-corrected chi connectivity index (χ4v) is 4.36. The largest absolute Gasteiger partial charge is 0.331 e. The highest BCUT2D eigenvalue weighted by molar-refractivity contribution is 7.51. The van der Waals surface area contributed by atoms with Gasteiger partial charge in [-0.05, 0) is 23.3 Å². The lowest BCUT2D eigenvalue weighted by molar-refractivity contribution is -0.701. The molecule has 174 valence electrons. The molecule has 1 aromatic carbocycles. The summed E-state index contributed by atoms with van der Waals surface area (Å²) in [5.41, 5.74) is 7.28. The first kappa shape index (κ1) is 23.8. The number of rotatable bonds is 8. The van der Waals surface area contributed by atoms with E-state index in [2.05, 4.69) is 15.6 Å². The summed E-state index contributed by atoms with van der Waals surface area (Å²) in [7, 11) is -4.04. The second-order valence-electron chi connectivity index (χ2n) is 8.30. The number of pyridine rings is 2. The van der Waals surface area contributed by atoms with Gasteiger partial charge in [0.2, 0.25) is 0 Å². The predicted octanol–water partition coefficient (Wildman–Crippen LogP) is 2.92. The van der Waals surface area contributed by atoms with Crippen LogP contribution in [0, 0.1) is 13.8 Å². The summed E-state index contributed by atoms with van der Waals surface area (Å²) in [4.78, 5) is 38.3. The van der Waals surface area contributed by atoms with Crippen LogP contribution in [0.4, 0.5) is 0 Å². The van der Waals surface area contributed by atoms with Gasteiger partial charge in [-0.2, -0.15) is 0 Å². The lowest BCUT2D eigenvalue weighted by Gasteiger charge is -2.07. The number of carbonyl (C=O) groups excluding carboxylic acids is 1. The van der Waals surface area contributed by atoms with E-state index in [-0.39, 0.29) is 12.7 Å². The molecule has 0 fully saturated rings. The van der Waals surface area contributed by atoms with Gasteiger partial charge in [0.1, 0.15) is 12.4 Å². The minimum absolute atomic E-state index is 0.199. The quantitative estimate of drug-likeness (QED) is 0.229. The molecule has 0 amide bonds. The number of hydrogen-bond donors (Lipinski definition) is 2. The summed E-state index contributed by atoms with van der Waals surface area (Å²) in [5, 5.41) is 0. The second-order valence-corrected chi connectivity index (χ2v) is 10.1. The number of aromatic nitrogens is 4. The van der Waals surface area contributed by atoms with Gasteiger partial charge in [-0.25, -0.2) is 14.1 Å². The highest BCUT2D eigenvalue weighted by Crippen LogP contribution is 2.33. The van der Waals surface area contributed by atoms with Crippen LogP contribution < -0.4 is 9.13 Å². The van der Waals surface area contributed by atoms with Crippen molar-refractivity contribution in [3.05, 3.63) is 72.4 Å². The van der Waals surface area contributed by atoms with Crippen LogP contribution in [0.5, 0.6) is 0 Å². The van der Waals surface area contributed by atoms with Crippen LogP contribution in [0.1, 0.15) is 17.8 Å². The summed E-state index contributed by atoms with van der Waals surface area (Å²) in [6, 6.07) is 14.0. The lowest BCUT2D eigenvalue weighted by atomic mass is 10.0. The van der Waals surface area contributed by atoms with E-state index in [1.165, 1.54) is 0 Å². The molecule has 2 N–H and O–H groups in total. The monoisotopic (exact) mass is 478 g/mol. The Kier molecular flexibility index (Phi) is 6.93. The molecule has 0 radical (unpaired) electrons. The summed E-state index contributed by atoms with van der Waals surface area (Å²) < 4.78 is 15.0. The van der Waals surface area contributed by atoms with Gasteiger partial charge in [0, 0.05) is 43.7 Å². The summed E-state index contributed by atoms with van der Waals surface area (Å²) in [6.45, 7) is 4.84. The first-order chi connectivity index (χ1) is 16.2. The molecule has 0 aliphatic carbocycles. The van der Waals surface area contributed by atoms with Gasteiger partial charge >= 0.3 is 7.60 Å². The van der Waals surface area contributed by atoms with Crippen molar-refractivity contribution in [2.75, 3.05) is 6.16 Å². The molecule has 4 aromatic rings. The van der Waals surface area contributed by atoms with Crippen molar-refractivity contribution in [2.45, 2.75) is 33.4 Å². The number of hydrogen-bond acceptors (Lipinski definition) is 4. The van der Waals surface area contributed by atoms with Crippen LogP contribution in [-0.4, -0.2) is 32.2 Å². The highest BCUT2D eigenvalue weighted by atomic mass is 31.2. The molecule has 3 aromatic heterocycles. The van der Waals surface area contributed by atoms with E-state index in [1.807, 2.05) is 67.2 Å². The molecular weight excluding hydrogens is 451 g/mol. The maximum absolute atomic E-state index is 11.2. The Balaban J connectivity index is 1.58. The number of carbonyl (C=O) groups is 1. The van der Waals surface area contributed by atoms with Crippen molar-refractivity contribution in [1.29, 1.82) is 0 Å². The van der Waals surface area contributed by atoms with Gasteiger partial charge < -0.3 is 14.6 Å².